The van der Waals surface area contributed by atoms with Crippen LogP contribution in [0.2, 0.25) is 0 Å². The molecule has 6 rings (SSSR count). The molecule has 0 saturated heterocycles. The highest BCUT2D eigenvalue weighted by molar-refractivity contribution is 5.87. The van der Waals surface area contributed by atoms with Crippen LogP contribution in [0.1, 0.15) is 33.3 Å². The van der Waals surface area contributed by atoms with Gasteiger partial charge in [-0.1, -0.05) is 42.5 Å². The Morgan fingerprint density at radius 2 is 1.00 bits per heavy atom. The third-order valence-electron chi connectivity index (χ3n) is 7.09. The molecule has 2 aromatic heterocycles. The van der Waals surface area contributed by atoms with Gasteiger partial charge >= 0.3 is 0 Å². The Labute approximate surface area is 312 Å². The SMILES string of the molecule is CC(C)Nc1nc(Nc2ccccc2)nc(Nc2ccc(N)c(C=N)c2)n1.CC(C)Nc1nc(Nc2ccccc2)nc(Nc2cccc(N)c2N=N)n1. The molecule has 0 bridgehead atoms. The van der Waals surface area contributed by atoms with E-state index in [9.17, 15) is 0 Å². The van der Waals surface area contributed by atoms with E-state index in [4.69, 9.17) is 22.4 Å². The van der Waals surface area contributed by atoms with Crippen molar-refractivity contribution in [1.82, 2.24) is 29.9 Å². The normalized spacial score (nSPS) is 10.5. The van der Waals surface area contributed by atoms with E-state index in [1.54, 1.807) is 30.3 Å². The Balaban J connectivity index is 0.000000208. The fourth-order valence-electron chi connectivity index (χ4n) is 4.74. The number of para-hydroxylation sites is 3. The molecule has 6 aromatic rings. The monoisotopic (exact) mass is 725 g/mol. The van der Waals surface area contributed by atoms with Gasteiger partial charge in [-0.15, -0.1) is 0 Å². The van der Waals surface area contributed by atoms with Crippen LogP contribution in [-0.4, -0.2) is 48.2 Å². The first kappa shape index (κ1) is 37.8. The number of hydrogen-bond donors (Lipinski definition) is 10. The number of nitrogen functional groups attached to an aromatic ring is 2. The van der Waals surface area contributed by atoms with Gasteiger partial charge in [-0.3, -0.25) is 0 Å². The van der Waals surface area contributed by atoms with Crippen LogP contribution in [0, 0.1) is 10.9 Å². The standard InChI is InChI=1S/C19H22N8.C18H21N9/c1-12(2)22-17-25-18(23-14-6-4-3-5-7-14)27-19(26-17)24-15-8-9-16(21)13(10-15)11-20;1-11(2)21-16-24-17(22-12-7-4-3-5-8-12)26-18(25-16)23-14-10-6-9-13(19)15(14)27-20/h3-12,20H,21H2,1-2H3,(H3,22,23,24,25,26,27);3-11,20H,19H2,1-2H3,(H3,21,22,23,24,25,26). The molecule has 0 aliphatic carbocycles. The molecule has 0 aliphatic heterocycles. The minimum absolute atomic E-state index is 0.149. The molecular formula is C37H43N17. The van der Waals surface area contributed by atoms with E-state index in [0.717, 1.165) is 17.1 Å². The summed E-state index contributed by atoms with van der Waals surface area (Å²) in [7, 11) is 0. The molecule has 0 amide bonds. The summed E-state index contributed by atoms with van der Waals surface area (Å²) in [6.07, 6.45) is 1.21. The molecule has 4 aromatic carbocycles. The number of rotatable bonds is 14. The molecular weight excluding hydrogens is 683 g/mol. The van der Waals surface area contributed by atoms with Crippen molar-refractivity contribution in [2.24, 2.45) is 5.11 Å². The van der Waals surface area contributed by atoms with E-state index in [2.05, 4.69) is 66.9 Å². The van der Waals surface area contributed by atoms with Gasteiger partial charge in [-0.2, -0.15) is 35.0 Å². The maximum absolute atomic E-state index is 7.44. The predicted octanol–water partition coefficient (Wildman–Crippen LogP) is 8.18. The maximum Gasteiger partial charge on any atom is 0.233 e. The zero-order valence-electron chi connectivity index (χ0n) is 30.3. The molecule has 17 heteroatoms. The first-order chi connectivity index (χ1) is 26.1. The Morgan fingerprint density at radius 3 is 1.46 bits per heavy atom. The summed E-state index contributed by atoms with van der Waals surface area (Å²) in [5, 5.41) is 29.8. The second kappa shape index (κ2) is 18.2. The zero-order chi connectivity index (χ0) is 38.5. The smallest absolute Gasteiger partial charge is 0.233 e. The van der Waals surface area contributed by atoms with Crippen LogP contribution in [0.5, 0.6) is 0 Å². The number of anilines is 12. The van der Waals surface area contributed by atoms with Gasteiger partial charge in [0.25, 0.3) is 0 Å². The van der Waals surface area contributed by atoms with Crippen LogP contribution in [0.4, 0.5) is 75.5 Å². The van der Waals surface area contributed by atoms with E-state index >= 15 is 0 Å². The van der Waals surface area contributed by atoms with Crippen LogP contribution in [0.15, 0.2) is 102 Å². The fourth-order valence-corrected chi connectivity index (χ4v) is 4.74. The summed E-state index contributed by atoms with van der Waals surface area (Å²) >= 11 is 0. The van der Waals surface area contributed by atoms with Gasteiger partial charge in [0.1, 0.15) is 5.69 Å². The molecule has 17 nitrogen and oxygen atoms in total. The molecule has 0 spiro atoms. The molecule has 0 atom stereocenters. The quantitative estimate of drug-likeness (QED) is 0.0288. The van der Waals surface area contributed by atoms with Gasteiger partial charge in [-0.05, 0) is 82.3 Å². The summed E-state index contributed by atoms with van der Waals surface area (Å²) in [5.74, 6) is 2.38. The van der Waals surface area contributed by atoms with E-state index in [0.29, 0.717) is 64.0 Å². The van der Waals surface area contributed by atoms with Crippen LogP contribution in [0.3, 0.4) is 0 Å². The topological polar surface area (TPSA) is 262 Å². The first-order valence-corrected chi connectivity index (χ1v) is 17.0. The second-order valence-corrected chi connectivity index (χ2v) is 12.3. The number of benzene rings is 4. The summed E-state index contributed by atoms with van der Waals surface area (Å²) in [5.41, 5.74) is 24.0. The number of nitrogens with zero attached hydrogens (tertiary/aromatic N) is 7. The zero-order valence-corrected chi connectivity index (χ0v) is 30.3. The highest BCUT2D eigenvalue weighted by atomic mass is 15.3. The van der Waals surface area contributed by atoms with Crippen molar-refractivity contribution in [2.75, 3.05) is 43.4 Å². The van der Waals surface area contributed by atoms with Gasteiger partial charge in [0.05, 0.1) is 11.4 Å². The molecule has 0 aliphatic rings. The molecule has 0 radical (unpaired) electrons. The van der Waals surface area contributed by atoms with Gasteiger partial charge in [0.15, 0.2) is 0 Å². The lowest BCUT2D eigenvalue weighted by atomic mass is 10.2. The van der Waals surface area contributed by atoms with Gasteiger partial charge < -0.3 is 48.8 Å². The summed E-state index contributed by atoms with van der Waals surface area (Å²) < 4.78 is 0. The lowest BCUT2D eigenvalue weighted by Crippen LogP contribution is -2.15. The number of nitrogens with one attached hydrogen (secondary N) is 8. The van der Waals surface area contributed by atoms with Crippen molar-refractivity contribution in [1.29, 1.82) is 10.9 Å². The van der Waals surface area contributed by atoms with E-state index in [-0.39, 0.29) is 12.1 Å². The van der Waals surface area contributed by atoms with E-state index in [1.165, 1.54) is 6.21 Å². The van der Waals surface area contributed by atoms with Crippen molar-refractivity contribution in [3.8, 4) is 0 Å². The highest BCUT2D eigenvalue weighted by Crippen LogP contribution is 2.33. The number of nitrogens with two attached hydrogens (primary N) is 2. The maximum atomic E-state index is 7.44. The molecule has 0 saturated carbocycles. The molecule has 2 heterocycles. The average molecular weight is 726 g/mol. The van der Waals surface area contributed by atoms with E-state index < -0.39 is 0 Å². The van der Waals surface area contributed by atoms with Gasteiger partial charge in [0.2, 0.25) is 35.7 Å². The first-order valence-electron chi connectivity index (χ1n) is 17.0. The largest absolute Gasteiger partial charge is 0.398 e. The van der Waals surface area contributed by atoms with Crippen molar-refractivity contribution in [2.45, 2.75) is 39.8 Å². The van der Waals surface area contributed by atoms with Gasteiger partial charge in [-0.25, -0.2) is 5.53 Å². The highest BCUT2D eigenvalue weighted by Gasteiger charge is 2.12. The van der Waals surface area contributed by atoms with E-state index in [1.807, 2.05) is 94.4 Å². The lowest BCUT2D eigenvalue weighted by molar-refractivity contribution is 0.869. The molecule has 276 valence electrons. The third kappa shape index (κ3) is 11.0. The van der Waals surface area contributed by atoms with Crippen molar-refractivity contribution in [3.63, 3.8) is 0 Å². The average Bonchev–Trinajstić information content (AvgIpc) is 3.13. The van der Waals surface area contributed by atoms with Crippen molar-refractivity contribution < 1.29 is 0 Å². The Hall–Kier alpha value is -7.43. The third-order valence-corrected chi connectivity index (χ3v) is 7.09. The second-order valence-electron chi connectivity index (χ2n) is 12.3. The van der Waals surface area contributed by atoms with Crippen LogP contribution in [-0.2, 0) is 0 Å². The summed E-state index contributed by atoms with van der Waals surface area (Å²) in [4.78, 5) is 26.5. The van der Waals surface area contributed by atoms with Crippen LogP contribution >= 0.6 is 0 Å². The Bertz CT molecular complexity index is 2160. The Morgan fingerprint density at radius 1 is 0.537 bits per heavy atom. The molecule has 54 heavy (non-hydrogen) atoms. The number of hydrogen-bond acceptors (Lipinski definition) is 17. The summed E-state index contributed by atoms with van der Waals surface area (Å²) in [6.45, 7) is 8.02. The fraction of sp³-hybridized carbons (Fsp3) is 0.162. The molecule has 12 N–H and O–H groups in total. The Kier molecular flexibility index (Phi) is 12.7. The predicted molar refractivity (Wildman–Crippen MR) is 218 cm³/mol. The minimum atomic E-state index is 0.149. The van der Waals surface area contributed by atoms with Crippen molar-refractivity contribution in [3.05, 3.63) is 103 Å². The van der Waals surface area contributed by atoms with Crippen LogP contribution in [0.25, 0.3) is 0 Å². The molecule has 0 unspecified atom stereocenters. The minimum Gasteiger partial charge on any atom is -0.398 e. The lowest BCUT2D eigenvalue weighted by Gasteiger charge is -2.14. The molecule has 0 fully saturated rings. The van der Waals surface area contributed by atoms with Crippen molar-refractivity contribution >= 4 is 81.7 Å². The summed E-state index contributed by atoms with van der Waals surface area (Å²) in [6, 6.07) is 30.1. The van der Waals surface area contributed by atoms with Crippen LogP contribution < -0.4 is 43.4 Å². The van der Waals surface area contributed by atoms with Gasteiger partial charge in [0, 0.05) is 46.6 Å². The number of aromatic nitrogens is 6.